The van der Waals surface area contributed by atoms with Crippen LogP contribution in [0.25, 0.3) is 0 Å². The van der Waals surface area contributed by atoms with Gasteiger partial charge in [0.05, 0.1) is 10.9 Å². The Balaban J connectivity index is 1.24. The number of amides is 1. The predicted molar refractivity (Wildman–Crippen MR) is 211 cm³/mol. The highest BCUT2D eigenvalue weighted by Crippen LogP contribution is 2.47. The van der Waals surface area contributed by atoms with Gasteiger partial charge in [-0.25, -0.2) is 13.1 Å². The molecule has 7 rings (SSSR count). The van der Waals surface area contributed by atoms with Crippen molar-refractivity contribution < 1.29 is 22.7 Å². The fourth-order valence-electron chi connectivity index (χ4n) is 9.30. The Morgan fingerprint density at radius 1 is 0.981 bits per heavy atom. The monoisotopic (exact) mass is 767 g/mol. The van der Waals surface area contributed by atoms with E-state index in [0.29, 0.717) is 36.3 Å². The molecule has 10 nitrogen and oxygen atoms in total. The number of benzene rings is 2. The van der Waals surface area contributed by atoms with Gasteiger partial charge in [0.2, 0.25) is 10.0 Å². The summed E-state index contributed by atoms with van der Waals surface area (Å²) in [5, 5.41) is -0.0545. The number of sulfonamides is 1. The Morgan fingerprint density at radius 2 is 1.81 bits per heavy atom. The van der Waals surface area contributed by atoms with Gasteiger partial charge in [-0.1, -0.05) is 36.7 Å². The molecule has 4 heterocycles. The van der Waals surface area contributed by atoms with Crippen LogP contribution in [0.4, 0.5) is 5.69 Å². The zero-order valence-corrected chi connectivity index (χ0v) is 33.5. The Bertz CT molecular complexity index is 1770. The van der Waals surface area contributed by atoms with Crippen molar-refractivity contribution in [2.24, 2.45) is 17.8 Å². The molecule has 5 aliphatic rings. The molecule has 1 amide bonds. The van der Waals surface area contributed by atoms with Crippen LogP contribution >= 0.6 is 11.6 Å². The molecule has 0 spiro atoms. The summed E-state index contributed by atoms with van der Waals surface area (Å²) in [6.07, 6.45) is 9.97. The normalized spacial score (nSPS) is 32.4. The molecule has 2 aromatic rings. The first kappa shape index (κ1) is 38.6. The summed E-state index contributed by atoms with van der Waals surface area (Å²) in [6, 6.07) is 11.8. The number of anilines is 1. The number of hydrogen-bond acceptors (Lipinski definition) is 9. The Labute approximate surface area is 321 Å². The number of allylic oxidation sites excluding steroid dienone is 1. The molecule has 4 aliphatic heterocycles. The van der Waals surface area contributed by atoms with Crippen LogP contribution in [0.15, 0.2) is 48.6 Å². The van der Waals surface area contributed by atoms with Gasteiger partial charge in [-0.3, -0.25) is 14.6 Å². The summed E-state index contributed by atoms with van der Waals surface area (Å²) in [5.41, 5.74) is 2.89. The van der Waals surface area contributed by atoms with Crippen molar-refractivity contribution in [1.82, 2.24) is 19.4 Å². The van der Waals surface area contributed by atoms with E-state index in [0.717, 1.165) is 107 Å². The maximum atomic E-state index is 13.6. The summed E-state index contributed by atoms with van der Waals surface area (Å²) in [4.78, 5) is 23.7. The van der Waals surface area contributed by atoms with Crippen LogP contribution in [0.2, 0.25) is 5.02 Å². The van der Waals surface area contributed by atoms with Crippen molar-refractivity contribution >= 4 is 33.2 Å². The molecular weight excluding hydrogens is 710 g/mol. The molecular formula is C41H58ClN5O5S. The van der Waals surface area contributed by atoms with E-state index in [-0.39, 0.29) is 11.8 Å². The van der Waals surface area contributed by atoms with E-state index in [1.165, 1.54) is 5.56 Å². The van der Waals surface area contributed by atoms with E-state index in [1.807, 2.05) is 44.4 Å². The standard InChI is InChI=1S/C41H58ClN5O5S/c1-29-8-7-16-41(51-4,28-45-19-21-46-20-18-44(3)25-36(46)26-45)37-14-11-33(37)24-47-17-6-5-9-31-22-35(42)13-10-34(31)27-52-39-15-12-32(23-38(39)47)40(48)43-53(49,50)30(29)2/h7,10,12-13,15-16,22-23,29-30,33,36-37H,5-6,8-9,11,14,17-21,24-28H2,1-4H3,(H,43,48)/b16-7+/t29-,30+,33-,36-,37+,41?/m0/s1. The van der Waals surface area contributed by atoms with E-state index in [4.69, 9.17) is 21.1 Å². The molecule has 0 aromatic heterocycles. The SMILES string of the molecule is COC1(CN2CCN3CCN(C)C[C@H]3C2)/C=C/C[C@H](C)[C@@H](C)S(=O)(=O)NC(=O)c2ccc3c(c2)N(CCCCc2cc(Cl)ccc2CO3)C[C@@H]2CC[C@H]21. The van der Waals surface area contributed by atoms with E-state index in [9.17, 15) is 13.2 Å². The van der Waals surface area contributed by atoms with Gasteiger partial charge in [0.25, 0.3) is 5.91 Å². The molecule has 53 heavy (non-hydrogen) atoms. The molecule has 6 atom stereocenters. The second-order valence-electron chi connectivity index (χ2n) is 16.4. The number of methoxy groups -OCH3 is 1. The third-order valence-electron chi connectivity index (χ3n) is 13.0. The highest BCUT2D eigenvalue weighted by Gasteiger charge is 2.49. The first-order valence-electron chi connectivity index (χ1n) is 19.7. The number of nitrogens with zero attached hydrogens (tertiary/aromatic N) is 4. The summed E-state index contributed by atoms with van der Waals surface area (Å²) in [7, 11) is 0.131. The van der Waals surface area contributed by atoms with Gasteiger partial charge >= 0.3 is 0 Å². The summed E-state index contributed by atoms with van der Waals surface area (Å²) in [6.45, 7) is 12.8. The minimum atomic E-state index is -3.95. The fourth-order valence-corrected chi connectivity index (χ4v) is 10.8. The van der Waals surface area contributed by atoms with Gasteiger partial charge < -0.3 is 19.3 Å². The topological polar surface area (TPSA) is 94.7 Å². The molecule has 1 N–H and O–H groups in total. The van der Waals surface area contributed by atoms with Crippen LogP contribution in [0.5, 0.6) is 5.75 Å². The third kappa shape index (κ3) is 8.45. The van der Waals surface area contributed by atoms with Crippen LogP contribution in [-0.2, 0) is 27.8 Å². The van der Waals surface area contributed by atoms with Crippen LogP contribution < -0.4 is 14.4 Å². The van der Waals surface area contributed by atoms with Crippen molar-refractivity contribution in [2.75, 3.05) is 78.0 Å². The quantitative estimate of drug-likeness (QED) is 0.410. The van der Waals surface area contributed by atoms with Gasteiger partial charge in [0.1, 0.15) is 18.0 Å². The number of carbonyl (C=O) groups is 1. The molecule has 12 heteroatoms. The van der Waals surface area contributed by atoms with Gasteiger partial charge in [0, 0.05) is 82.6 Å². The molecule has 2 saturated heterocycles. The molecule has 3 fully saturated rings. The number of rotatable bonds is 3. The summed E-state index contributed by atoms with van der Waals surface area (Å²) >= 11 is 6.41. The van der Waals surface area contributed by atoms with E-state index in [2.05, 4.69) is 43.5 Å². The number of piperazine rings is 2. The molecule has 0 radical (unpaired) electrons. The molecule has 2 bridgehead atoms. The third-order valence-corrected chi connectivity index (χ3v) is 15.2. The van der Waals surface area contributed by atoms with Crippen molar-refractivity contribution in [2.45, 2.75) is 75.9 Å². The number of halogens is 1. The van der Waals surface area contributed by atoms with Gasteiger partial charge in [-0.05, 0) is 112 Å². The first-order valence-corrected chi connectivity index (χ1v) is 21.6. The number of carbonyl (C=O) groups excluding carboxylic acids is 1. The largest absolute Gasteiger partial charge is 0.487 e. The van der Waals surface area contributed by atoms with Crippen molar-refractivity contribution in [3.05, 3.63) is 70.3 Å². The maximum absolute atomic E-state index is 13.6. The predicted octanol–water partition coefficient (Wildman–Crippen LogP) is 5.45. The number of likely N-dealkylation sites (N-methyl/N-ethyl adjacent to an activating group) is 1. The molecule has 2 aromatic carbocycles. The number of nitrogens with one attached hydrogen (secondary N) is 1. The lowest BCUT2D eigenvalue weighted by atomic mass is 9.63. The zero-order chi connectivity index (χ0) is 37.3. The maximum Gasteiger partial charge on any atom is 0.264 e. The second-order valence-corrected chi connectivity index (χ2v) is 18.8. The lowest BCUT2D eigenvalue weighted by Gasteiger charge is -2.53. The van der Waals surface area contributed by atoms with Gasteiger partial charge in [-0.15, -0.1) is 0 Å². The lowest BCUT2D eigenvalue weighted by Crippen LogP contribution is -2.64. The van der Waals surface area contributed by atoms with Crippen LogP contribution in [-0.4, -0.2) is 119 Å². The summed E-state index contributed by atoms with van der Waals surface area (Å²) < 4.78 is 42.9. The molecule has 1 aliphatic carbocycles. The lowest BCUT2D eigenvalue weighted by molar-refractivity contribution is -0.101. The van der Waals surface area contributed by atoms with Crippen LogP contribution in [0.3, 0.4) is 0 Å². The average Bonchev–Trinajstić information content (AvgIpc) is 3.15. The van der Waals surface area contributed by atoms with Crippen molar-refractivity contribution in [3.63, 3.8) is 0 Å². The minimum absolute atomic E-state index is 0.216. The summed E-state index contributed by atoms with van der Waals surface area (Å²) in [5.74, 6) is 0.484. The van der Waals surface area contributed by atoms with E-state index >= 15 is 0 Å². The van der Waals surface area contributed by atoms with Crippen LogP contribution in [0.1, 0.15) is 67.4 Å². The second kappa shape index (κ2) is 16.2. The molecule has 1 unspecified atom stereocenters. The fraction of sp³-hybridized carbons (Fsp3) is 0.634. The van der Waals surface area contributed by atoms with Gasteiger partial charge in [-0.2, -0.15) is 0 Å². The van der Waals surface area contributed by atoms with E-state index in [1.54, 1.807) is 13.0 Å². The smallest absolute Gasteiger partial charge is 0.264 e. The Hall–Kier alpha value is -2.67. The first-order chi connectivity index (χ1) is 25.4. The van der Waals surface area contributed by atoms with Crippen molar-refractivity contribution in [1.29, 1.82) is 0 Å². The number of ether oxygens (including phenoxy) is 2. The molecule has 290 valence electrons. The van der Waals surface area contributed by atoms with Crippen molar-refractivity contribution in [3.8, 4) is 5.75 Å². The number of fused-ring (bicyclic) bond motifs is 4. The number of aryl methyl sites for hydroxylation is 1. The Morgan fingerprint density at radius 3 is 2.60 bits per heavy atom. The minimum Gasteiger partial charge on any atom is -0.487 e. The zero-order valence-electron chi connectivity index (χ0n) is 31.9. The number of hydrogen-bond donors (Lipinski definition) is 1. The highest BCUT2D eigenvalue weighted by atomic mass is 35.5. The Kier molecular flexibility index (Phi) is 11.8. The van der Waals surface area contributed by atoms with Crippen LogP contribution in [0, 0.1) is 17.8 Å². The van der Waals surface area contributed by atoms with E-state index < -0.39 is 26.8 Å². The molecule has 1 saturated carbocycles. The average molecular weight is 768 g/mol. The highest BCUT2D eigenvalue weighted by molar-refractivity contribution is 7.90. The van der Waals surface area contributed by atoms with Gasteiger partial charge in [0.15, 0.2) is 0 Å².